The van der Waals surface area contributed by atoms with Crippen LogP contribution in [0.2, 0.25) is 0 Å². The summed E-state index contributed by atoms with van der Waals surface area (Å²) in [5, 5.41) is 10.3. The van der Waals surface area contributed by atoms with Gasteiger partial charge in [0.05, 0.1) is 10.4 Å². The zero-order chi connectivity index (χ0) is 17.0. The smallest absolute Gasteiger partial charge is 0.308 e. The topological polar surface area (TPSA) is 70.8 Å². The van der Waals surface area contributed by atoms with Gasteiger partial charge in [0.2, 0.25) is 0 Å². The molecule has 0 unspecified atom stereocenters. The van der Waals surface area contributed by atoms with Crippen LogP contribution in [-0.2, 0) is 4.79 Å². The number of furan rings is 1. The van der Waals surface area contributed by atoms with Gasteiger partial charge in [0.15, 0.2) is 5.76 Å². The number of hydrogen-bond acceptors (Lipinski definition) is 3. The molecule has 1 aromatic carbocycles. The van der Waals surface area contributed by atoms with Crippen LogP contribution in [0.4, 0.5) is 0 Å². The van der Waals surface area contributed by atoms with E-state index in [9.17, 15) is 14.7 Å². The SMILES string of the molecule is Cc1cc(Br)c2oc(C(=O)N3C[C@H](C(=O)O)[C@@H](C4CC4)C3)cc2c1. The average Bonchev–Trinajstić information content (AvgIpc) is 3.11. The minimum Gasteiger partial charge on any atom is -0.481 e. The second-order valence-electron chi connectivity index (χ2n) is 6.93. The van der Waals surface area contributed by atoms with Crippen LogP contribution in [0.25, 0.3) is 11.0 Å². The van der Waals surface area contributed by atoms with E-state index in [1.807, 2.05) is 19.1 Å². The lowest BCUT2D eigenvalue weighted by Gasteiger charge is -2.14. The first-order valence-electron chi connectivity index (χ1n) is 8.16. The number of amides is 1. The molecule has 1 N–H and O–H groups in total. The van der Waals surface area contributed by atoms with Crippen LogP contribution in [0.15, 0.2) is 27.1 Å². The highest BCUT2D eigenvalue weighted by atomic mass is 79.9. The Bertz CT molecular complexity index is 839. The lowest BCUT2D eigenvalue weighted by Crippen LogP contribution is -2.29. The third kappa shape index (κ3) is 2.62. The number of benzene rings is 1. The van der Waals surface area contributed by atoms with Crippen LogP contribution < -0.4 is 0 Å². The van der Waals surface area contributed by atoms with Gasteiger partial charge >= 0.3 is 5.97 Å². The van der Waals surface area contributed by atoms with Crippen LogP contribution in [-0.4, -0.2) is 35.0 Å². The van der Waals surface area contributed by atoms with E-state index in [2.05, 4.69) is 15.9 Å². The number of fused-ring (bicyclic) bond motifs is 1. The Morgan fingerprint density at radius 1 is 1.25 bits per heavy atom. The fourth-order valence-electron chi connectivity index (χ4n) is 3.77. The molecule has 1 aliphatic carbocycles. The van der Waals surface area contributed by atoms with Gasteiger partial charge in [-0.1, -0.05) is 0 Å². The number of hydrogen-bond donors (Lipinski definition) is 1. The first kappa shape index (κ1) is 15.7. The molecular formula is C18H18BrNO4. The monoisotopic (exact) mass is 391 g/mol. The van der Waals surface area contributed by atoms with Gasteiger partial charge in [-0.15, -0.1) is 0 Å². The molecule has 5 nitrogen and oxygen atoms in total. The van der Waals surface area contributed by atoms with Crippen molar-refractivity contribution in [1.29, 1.82) is 0 Å². The summed E-state index contributed by atoms with van der Waals surface area (Å²) in [5.41, 5.74) is 1.73. The molecule has 0 bridgehead atoms. The Balaban J connectivity index is 1.62. The molecule has 1 saturated heterocycles. The second-order valence-corrected chi connectivity index (χ2v) is 7.79. The van der Waals surface area contributed by atoms with E-state index in [0.29, 0.717) is 18.0 Å². The summed E-state index contributed by atoms with van der Waals surface area (Å²) in [7, 11) is 0. The predicted molar refractivity (Wildman–Crippen MR) is 91.9 cm³/mol. The van der Waals surface area contributed by atoms with Gasteiger partial charge in [-0.3, -0.25) is 9.59 Å². The van der Waals surface area contributed by atoms with E-state index in [-0.39, 0.29) is 24.1 Å². The van der Waals surface area contributed by atoms with Crippen molar-refractivity contribution < 1.29 is 19.1 Å². The molecule has 24 heavy (non-hydrogen) atoms. The van der Waals surface area contributed by atoms with E-state index in [1.165, 1.54) is 0 Å². The number of carbonyl (C=O) groups is 2. The standard InChI is InChI=1S/C18H18BrNO4/c1-9-4-11-6-15(24-16(11)14(19)5-9)17(21)20-7-12(10-2-3-10)13(8-20)18(22)23/h4-6,10,12-13H,2-3,7-8H2,1H3,(H,22,23)/t12-,13+/m1/s1. The molecule has 2 aromatic rings. The van der Waals surface area contributed by atoms with Crippen LogP contribution in [0.1, 0.15) is 29.0 Å². The number of aryl methyl sites for hydroxylation is 1. The van der Waals surface area contributed by atoms with Crippen LogP contribution in [0, 0.1) is 24.7 Å². The van der Waals surface area contributed by atoms with Gasteiger partial charge in [0.25, 0.3) is 5.91 Å². The van der Waals surface area contributed by atoms with Crippen LogP contribution >= 0.6 is 15.9 Å². The molecule has 2 heterocycles. The van der Waals surface area contributed by atoms with Gasteiger partial charge in [0.1, 0.15) is 5.58 Å². The van der Waals surface area contributed by atoms with Gasteiger partial charge in [0, 0.05) is 18.5 Å². The maximum atomic E-state index is 12.8. The minimum atomic E-state index is -0.801. The van der Waals surface area contributed by atoms with Crippen molar-refractivity contribution in [3.8, 4) is 0 Å². The predicted octanol–water partition coefficient (Wildman–Crippen LogP) is 3.69. The summed E-state index contributed by atoms with van der Waals surface area (Å²) in [6.07, 6.45) is 2.15. The van der Waals surface area contributed by atoms with Gasteiger partial charge in [-0.25, -0.2) is 0 Å². The summed E-state index contributed by atoms with van der Waals surface area (Å²) in [5.74, 6) is -0.673. The van der Waals surface area contributed by atoms with Crippen molar-refractivity contribution in [2.45, 2.75) is 19.8 Å². The fraction of sp³-hybridized carbons (Fsp3) is 0.444. The number of carboxylic acid groups (broad SMARTS) is 1. The molecule has 0 radical (unpaired) electrons. The summed E-state index contributed by atoms with van der Waals surface area (Å²) < 4.78 is 6.57. The summed E-state index contributed by atoms with van der Waals surface area (Å²) in [6, 6.07) is 5.66. The molecule has 126 valence electrons. The largest absolute Gasteiger partial charge is 0.481 e. The molecule has 4 rings (SSSR count). The molecule has 2 atom stereocenters. The number of rotatable bonds is 3. The van der Waals surface area contributed by atoms with Gasteiger partial charge in [-0.05, 0) is 71.3 Å². The normalized spacial score (nSPS) is 23.8. The lowest BCUT2D eigenvalue weighted by molar-refractivity contribution is -0.142. The molecule has 2 aliphatic rings. The Hall–Kier alpha value is -1.82. The number of likely N-dealkylation sites (tertiary alicyclic amines) is 1. The zero-order valence-corrected chi connectivity index (χ0v) is 14.9. The van der Waals surface area contributed by atoms with Crippen LogP contribution in [0.3, 0.4) is 0 Å². The molecule has 6 heteroatoms. The molecule has 1 aliphatic heterocycles. The Kier molecular flexibility index (Phi) is 3.67. The van der Waals surface area contributed by atoms with E-state index < -0.39 is 11.9 Å². The summed E-state index contributed by atoms with van der Waals surface area (Å²) in [4.78, 5) is 25.9. The van der Waals surface area contributed by atoms with Crippen LogP contribution in [0.5, 0.6) is 0 Å². The van der Waals surface area contributed by atoms with E-state index in [0.717, 1.165) is 28.3 Å². The number of nitrogens with zero attached hydrogens (tertiary/aromatic N) is 1. The average molecular weight is 392 g/mol. The van der Waals surface area contributed by atoms with E-state index in [1.54, 1.807) is 11.0 Å². The molecule has 1 saturated carbocycles. The maximum Gasteiger partial charge on any atom is 0.308 e. The Labute approximate surface area is 147 Å². The minimum absolute atomic E-state index is 0.0739. The van der Waals surface area contributed by atoms with Gasteiger partial charge < -0.3 is 14.4 Å². The quantitative estimate of drug-likeness (QED) is 0.865. The number of halogens is 1. The van der Waals surface area contributed by atoms with E-state index in [4.69, 9.17) is 4.42 Å². The lowest BCUT2D eigenvalue weighted by atomic mass is 9.92. The van der Waals surface area contributed by atoms with Crippen molar-refractivity contribution in [2.24, 2.45) is 17.8 Å². The highest BCUT2D eigenvalue weighted by Gasteiger charge is 2.47. The number of aliphatic carboxylic acids is 1. The molecular weight excluding hydrogens is 374 g/mol. The van der Waals surface area contributed by atoms with Crippen molar-refractivity contribution in [2.75, 3.05) is 13.1 Å². The molecule has 2 fully saturated rings. The second kappa shape index (κ2) is 5.62. The van der Waals surface area contributed by atoms with Crippen molar-refractivity contribution in [1.82, 2.24) is 4.90 Å². The third-order valence-corrected chi connectivity index (χ3v) is 5.71. The van der Waals surface area contributed by atoms with Crippen molar-refractivity contribution in [3.05, 3.63) is 34.0 Å². The third-order valence-electron chi connectivity index (χ3n) is 5.12. The zero-order valence-electron chi connectivity index (χ0n) is 13.3. The Morgan fingerprint density at radius 3 is 2.67 bits per heavy atom. The fourth-order valence-corrected chi connectivity index (χ4v) is 4.44. The molecule has 1 amide bonds. The summed E-state index contributed by atoms with van der Waals surface area (Å²) in [6.45, 7) is 2.77. The molecule has 0 spiro atoms. The Morgan fingerprint density at radius 2 is 2.00 bits per heavy atom. The number of carbonyl (C=O) groups excluding carboxylic acids is 1. The van der Waals surface area contributed by atoms with E-state index >= 15 is 0 Å². The van der Waals surface area contributed by atoms with Gasteiger partial charge in [-0.2, -0.15) is 0 Å². The number of carboxylic acids is 1. The maximum absolute atomic E-state index is 12.8. The first-order valence-corrected chi connectivity index (χ1v) is 8.95. The van der Waals surface area contributed by atoms with Crippen molar-refractivity contribution in [3.63, 3.8) is 0 Å². The highest BCUT2D eigenvalue weighted by Crippen LogP contribution is 2.44. The van der Waals surface area contributed by atoms with Crippen molar-refractivity contribution >= 4 is 38.8 Å². The first-order chi connectivity index (χ1) is 11.4. The highest BCUT2D eigenvalue weighted by molar-refractivity contribution is 9.10. The molecule has 1 aromatic heterocycles. The summed E-state index contributed by atoms with van der Waals surface area (Å²) >= 11 is 3.46.